The molecule has 0 fully saturated rings. The average molecular weight is 424 g/mol. The van der Waals surface area contributed by atoms with E-state index in [2.05, 4.69) is 21.0 Å². The van der Waals surface area contributed by atoms with Gasteiger partial charge in [0, 0.05) is 25.4 Å². The Morgan fingerprint density at radius 1 is 1.11 bits per heavy atom. The summed E-state index contributed by atoms with van der Waals surface area (Å²) in [5, 5.41) is 4.52. The van der Waals surface area contributed by atoms with Crippen LogP contribution in [0.5, 0.6) is 0 Å². The van der Waals surface area contributed by atoms with Gasteiger partial charge in [-0.1, -0.05) is 60.7 Å². The van der Waals surface area contributed by atoms with Crippen LogP contribution in [0.15, 0.2) is 71.3 Å². The standard InChI is InChI=1S/C22H22BrN3O/c1-3-26-15-20(23)21(24-26)16-25(2)22(27)19(18-12-8-5-9-13-18)14-17-10-6-4-7-11-17/h4-15H,3,16H2,1-2H3/b19-14-. The van der Waals surface area contributed by atoms with Gasteiger partial charge < -0.3 is 4.90 Å². The molecule has 0 unspecified atom stereocenters. The number of aromatic nitrogens is 2. The van der Waals surface area contributed by atoms with Crippen LogP contribution in [-0.4, -0.2) is 27.6 Å². The third kappa shape index (κ3) is 4.74. The molecule has 27 heavy (non-hydrogen) atoms. The van der Waals surface area contributed by atoms with Gasteiger partial charge in [0.2, 0.25) is 0 Å². The molecule has 5 heteroatoms. The summed E-state index contributed by atoms with van der Waals surface area (Å²) in [5.41, 5.74) is 3.40. The Labute approximate surface area is 168 Å². The molecule has 0 aliphatic carbocycles. The Balaban J connectivity index is 1.90. The molecular weight excluding hydrogens is 402 g/mol. The molecule has 0 bridgehead atoms. The monoisotopic (exact) mass is 423 g/mol. The molecule has 1 heterocycles. The van der Waals surface area contributed by atoms with Crippen molar-refractivity contribution in [3.8, 4) is 0 Å². The van der Waals surface area contributed by atoms with Crippen LogP contribution in [0.4, 0.5) is 0 Å². The van der Waals surface area contributed by atoms with Crippen LogP contribution in [0.25, 0.3) is 11.6 Å². The molecule has 0 aliphatic heterocycles. The lowest BCUT2D eigenvalue weighted by atomic mass is 10.0. The molecule has 0 N–H and O–H groups in total. The van der Waals surface area contributed by atoms with E-state index in [0.717, 1.165) is 27.8 Å². The fourth-order valence-corrected chi connectivity index (χ4v) is 3.25. The van der Waals surface area contributed by atoms with Crippen LogP contribution in [0, 0.1) is 0 Å². The molecular formula is C22H22BrN3O. The normalized spacial score (nSPS) is 11.4. The van der Waals surface area contributed by atoms with Crippen LogP contribution in [-0.2, 0) is 17.9 Å². The summed E-state index contributed by atoms with van der Waals surface area (Å²) in [5.74, 6) is -0.0389. The quantitative estimate of drug-likeness (QED) is 0.419. The number of aryl methyl sites for hydroxylation is 1. The summed E-state index contributed by atoms with van der Waals surface area (Å²) >= 11 is 3.54. The highest BCUT2D eigenvalue weighted by Gasteiger charge is 2.19. The molecule has 1 aromatic heterocycles. The van der Waals surface area contributed by atoms with E-state index in [-0.39, 0.29) is 5.91 Å². The first-order chi connectivity index (χ1) is 13.1. The molecule has 0 atom stereocenters. The molecule has 4 nitrogen and oxygen atoms in total. The van der Waals surface area contributed by atoms with Crippen molar-refractivity contribution in [3.05, 3.63) is 88.2 Å². The van der Waals surface area contributed by atoms with Gasteiger partial charge in [0.15, 0.2) is 0 Å². The number of nitrogens with zero attached hydrogens (tertiary/aromatic N) is 3. The molecule has 3 rings (SSSR count). The summed E-state index contributed by atoms with van der Waals surface area (Å²) in [7, 11) is 1.81. The highest BCUT2D eigenvalue weighted by atomic mass is 79.9. The summed E-state index contributed by atoms with van der Waals surface area (Å²) in [4.78, 5) is 15.0. The van der Waals surface area contributed by atoms with E-state index >= 15 is 0 Å². The number of benzene rings is 2. The van der Waals surface area contributed by atoms with Gasteiger partial charge in [-0.25, -0.2) is 0 Å². The molecule has 138 valence electrons. The van der Waals surface area contributed by atoms with Gasteiger partial charge in [0.25, 0.3) is 5.91 Å². The van der Waals surface area contributed by atoms with Crippen LogP contribution >= 0.6 is 15.9 Å². The zero-order valence-corrected chi connectivity index (χ0v) is 17.1. The number of hydrogen-bond acceptors (Lipinski definition) is 2. The molecule has 0 saturated carbocycles. The maximum atomic E-state index is 13.2. The molecule has 0 saturated heterocycles. The smallest absolute Gasteiger partial charge is 0.254 e. The molecule has 2 aromatic carbocycles. The van der Waals surface area contributed by atoms with Crippen molar-refractivity contribution >= 4 is 33.5 Å². The fraction of sp³-hybridized carbons (Fsp3) is 0.182. The van der Waals surface area contributed by atoms with Crippen LogP contribution in [0.2, 0.25) is 0 Å². The maximum Gasteiger partial charge on any atom is 0.254 e. The Bertz CT molecular complexity index is 933. The van der Waals surface area contributed by atoms with Crippen molar-refractivity contribution in [2.75, 3.05) is 7.05 Å². The average Bonchev–Trinajstić information content (AvgIpc) is 3.06. The highest BCUT2D eigenvalue weighted by molar-refractivity contribution is 9.10. The summed E-state index contributed by atoms with van der Waals surface area (Å²) in [6, 6.07) is 19.7. The summed E-state index contributed by atoms with van der Waals surface area (Å²) < 4.78 is 2.77. The maximum absolute atomic E-state index is 13.2. The lowest BCUT2D eigenvalue weighted by Crippen LogP contribution is -2.27. The number of hydrogen-bond donors (Lipinski definition) is 0. The van der Waals surface area contributed by atoms with Gasteiger partial charge in [-0.05, 0) is 40.1 Å². The van der Waals surface area contributed by atoms with Gasteiger partial charge in [-0.15, -0.1) is 0 Å². The number of amides is 1. The van der Waals surface area contributed by atoms with Crippen molar-refractivity contribution in [1.82, 2.24) is 14.7 Å². The minimum absolute atomic E-state index is 0.0389. The zero-order valence-electron chi connectivity index (χ0n) is 15.5. The van der Waals surface area contributed by atoms with E-state index in [1.165, 1.54) is 0 Å². The molecule has 3 aromatic rings. The molecule has 0 radical (unpaired) electrons. The first-order valence-corrected chi connectivity index (χ1v) is 9.67. The van der Waals surface area contributed by atoms with E-state index in [1.807, 2.05) is 91.6 Å². The number of likely N-dealkylation sites (N-methyl/N-ethyl adjacent to an activating group) is 1. The Morgan fingerprint density at radius 3 is 2.33 bits per heavy atom. The minimum Gasteiger partial charge on any atom is -0.336 e. The first-order valence-electron chi connectivity index (χ1n) is 8.88. The van der Waals surface area contributed by atoms with Crippen molar-refractivity contribution in [3.63, 3.8) is 0 Å². The second-order valence-electron chi connectivity index (χ2n) is 6.28. The van der Waals surface area contributed by atoms with Gasteiger partial charge in [0.05, 0.1) is 16.7 Å². The molecule has 0 aliphatic rings. The van der Waals surface area contributed by atoms with E-state index in [4.69, 9.17) is 0 Å². The lowest BCUT2D eigenvalue weighted by molar-refractivity contribution is -0.124. The Kier molecular flexibility index (Phi) is 6.24. The Hall–Kier alpha value is -2.66. The van der Waals surface area contributed by atoms with Crippen molar-refractivity contribution in [1.29, 1.82) is 0 Å². The van der Waals surface area contributed by atoms with Crippen molar-refractivity contribution in [2.24, 2.45) is 0 Å². The van der Waals surface area contributed by atoms with Gasteiger partial charge in [0.1, 0.15) is 0 Å². The van der Waals surface area contributed by atoms with E-state index < -0.39 is 0 Å². The zero-order chi connectivity index (χ0) is 19.2. The second-order valence-corrected chi connectivity index (χ2v) is 7.13. The molecule has 1 amide bonds. The highest BCUT2D eigenvalue weighted by Crippen LogP contribution is 2.23. The number of halogens is 1. The summed E-state index contributed by atoms with van der Waals surface area (Å²) in [6.45, 7) is 3.26. The van der Waals surface area contributed by atoms with E-state index in [9.17, 15) is 4.79 Å². The largest absolute Gasteiger partial charge is 0.336 e. The number of carbonyl (C=O) groups is 1. The summed E-state index contributed by atoms with van der Waals surface area (Å²) in [6.07, 6.45) is 3.87. The van der Waals surface area contributed by atoms with E-state index in [1.54, 1.807) is 4.90 Å². The van der Waals surface area contributed by atoms with Crippen molar-refractivity contribution in [2.45, 2.75) is 20.0 Å². The second kappa shape index (κ2) is 8.82. The number of carbonyl (C=O) groups excluding carboxylic acids is 1. The van der Waals surface area contributed by atoms with Gasteiger partial charge in [-0.3, -0.25) is 9.48 Å². The topological polar surface area (TPSA) is 38.1 Å². The lowest BCUT2D eigenvalue weighted by Gasteiger charge is -2.19. The Morgan fingerprint density at radius 2 is 1.74 bits per heavy atom. The van der Waals surface area contributed by atoms with Gasteiger partial charge in [-0.2, -0.15) is 5.10 Å². The van der Waals surface area contributed by atoms with Crippen LogP contribution < -0.4 is 0 Å². The predicted octanol–water partition coefficient (Wildman–Crippen LogP) is 4.86. The number of rotatable bonds is 6. The fourth-order valence-electron chi connectivity index (χ4n) is 2.81. The predicted molar refractivity (Wildman–Crippen MR) is 113 cm³/mol. The first kappa shape index (κ1) is 19.1. The van der Waals surface area contributed by atoms with Crippen molar-refractivity contribution < 1.29 is 4.79 Å². The molecule has 0 spiro atoms. The third-order valence-corrected chi connectivity index (χ3v) is 4.93. The van der Waals surface area contributed by atoms with Crippen LogP contribution in [0.3, 0.4) is 0 Å². The minimum atomic E-state index is -0.0389. The SMILES string of the molecule is CCn1cc(Br)c(CN(C)C(=O)/C(=C\c2ccccc2)c2ccccc2)n1. The van der Waals surface area contributed by atoms with Crippen LogP contribution in [0.1, 0.15) is 23.7 Å². The van der Waals surface area contributed by atoms with Gasteiger partial charge >= 0.3 is 0 Å². The van der Waals surface area contributed by atoms with E-state index in [0.29, 0.717) is 12.1 Å². The third-order valence-electron chi connectivity index (χ3n) is 4.27.